The molecule has 0 saturated heterocycles. The summed E-state index contributed by atoms with van der Waals surface area (Å²) in [4.78, 5) is 18.2. The SMILES string of the molecule is CCSCCCNCC(O)COc1ccc(OC)cc1.O=C(O)C(=O)O. The number of nitrogens with one attached hydrogen (secondary N) is 1. The lowest BCUT2D eigenvalue weighted by molar-refractivity contribution is -0.159. The molecule has 1 atom stereocenters. The number of aliphatic hydroxyl groups is 1. The highest BCUT2D eigenvalue weighted by Crippen LogP contribution is 2.16. The maximum atomic E-state index is 9.80. The number of hydrogen-bond acceptors (Lipinski definition) is 7. The fourth-order valence-electron chi connectivity index (χ4n) is 1.64. The molecule has 0 spiro atoms. The minimum Gasteiger partial charge on any atom is -0.497 e. The van der Waals surface area contributed by atoms with Crippen LogP contribution in [-0.4, -0.2) is 71.7 Å². The van der Waals surface area contributed by atoms with Crippen LogP contribution in [0.3, 0.4) is 0 Å². The third kappa shape index (κ3) is 13.3. The zero-order valence-electron chi connectivity index (χ0n) is 15.0. The van der Waals surface area contributed by atoms with Crippen molar-refractivity contribution >= 4 is 23.7 Å². The highest BCUT2D eigenvalue weighted by atomic mass is 32.2. The molecule has 0 aliphatic carbocycles. The molecule has 0 fully saturated rings. The van der Waals surface area contributed by atoms with Crippen LogP contribution in [-0.2, 0) is 9.59 Å². The molecule has 148 valence electrons. The van der Waals surface area contributed by atoms with E-state index in [9.17, 15) is 5.11 Å². The van der Waals surface area contributed by atoms with Gasteiger partial charge in [0.25, 0.3) is 0 Å². The number of carboxylic acid groups (broad SMARTS) is 2. The first kappa shape index (κ1) is 24.0. The Balaban J connectivity index is 0.000000896. The lowest BCUT2D eigenvalue weighted by Crippen LogP contribution is -2.32. The number of rotatable bonds is 11. The van der Waals surface area contributed by atoms with E-state index >= 15 is 0 Å². The average Bonchev–Trinajstić information content (AvgIpc) is 2.63. The fraction of sp³-hybridized carbons (Fsp3) is 0.529. The van der Waals surface area contributed by atoms with E-state index in [4.69, 9.17) is 29.3 Å². The van der Waals surface area contributed by atoms with Crippen molar-refractivity contribution in [3.63, 3.8) is 0 Å². The van der Waals surface area contributed by atoms with Gasteiger partial charge in [0.1, 0.15) is 24.2 Å². The molecule has 26 heavy (non-hydrogen) atoms. The van der Waals surface area contributed by atoms with Gasteiger partial charge in [-0.1, -0.05) is 6.92 Å². The summed E-state index contributed by atoms with van der Waals surface area (Å²) in [6.45, 7) is 3.96. The van der Waals surface area contributed by atoms with E-state index in [1.165, 1.54) is 11.5 Å². The van der Waals surface area contributed by atoms with Crippen molar-refractivity contribution < 1.29 is 34.4 Å². The van der Waals surface area contributed by atoms with Gasteiger partial charge in [0.15, 0.2) is 0 Å². The Morgan fingerprint density at radius 2 is 1.73 bits per heavy atom. The average molecular weight is 389 g/mol. The van der Waals surface area contributed by atoms with Gasteiger partial charge in [-0.2, -0.15) is 11.8 Å². The zero-order valence-corrected chi connectivity index (χ0v) is 15.8. The van der Waals surface area contributed by atoms with E-state index in [0.29, 0.717) is 13.2 Å². The number of thioether (sulfide) groups is 1. The normalized spacial score (nSPS) is 11.0. The Morgan fingerprint density at radius 1 is 1.15 bits per heavy atom. The number of carbonyl (C=O) groups is 2. The van der Waals surface area contributed by atoms with Crippen LogP contribution in [0.4, 0.5) is 0 Å². The molecule has 0 radical (unpaired) electrons. The van der Waals surface area contributed by atoms with Gasteiger partial charge in [-0.3, -0.25) is 0 Å². The smallest absolute Gasteiger partial charge is 0.414 e. The van der Waals surface area contributed by atoms with Crippen molar-refractivity contribution in [3.8, 4) is 11.5 Å². The number of methoxy groups -OCH3 is 1. The van der Waals surface area contributed by atoms with Crippen LogP contribution >= 0.6 is 11.8 Å². The minimum absolute atomic E-state index is 0.295. The van der Waals surface area contributed by atoms with Gasteiger partial charge < -0.3 is 30.1 Å². The number of benzene rings is 1. The van der Waals surface area contributed by atoms with Gasteiger partial charge in [0.05, 0.1) is 7.11 Å². The summed E-state index contributed by atoms with van der Waals surface area (Å²) < 4.78 is 10.6. The first-order valence-corrected chi connectivity index (χ1v) is 9.25. The molecule has 1 unspecified atom stereocenters. The van der Waals surface area contributed by atoms with Gasteiger partial charge >= 0.3 is 11.9 Å². The van der Waals surface area contributed by atoms with E-state index in [-0.39, 0.29) is 0 Å². The topological polar surface area (TPSA) is 125 Å². The molecular formula is C17H27NO7S. The molecule has 1 aromatic carbocycles. The molecule has 0 bridgehead atoms. The summed E-state index contributed by atoms with van der Waals surface area (Å²) >= 11 is 1.94. The van der Waals surface area contributed by atoms with E-state index < -0.39 is 18.0 Å². The molecule has 0 aromatic heterocycles. The quantitative estimate of drug-likeness (QED) is 0.327. The number of ether oxygens (including phenoxy) is 2. The second-order valence-electron chi connectivity index (χ2n) is 5.01. The Bertz CT molecular complexity index is 498. The Labute approximate surface area is 157 Å². The Hall–Kier alpha value is -1.97. The first-order chi connectivity index (χ1) is 12.4. The van der Waals surface area contributed by atoms with Gasteiger partial charge in [0, 0.05) is 6.54 Å². The van der Waals surface area contributed by atoms with Crippen LogP contribution in [0.1, 0.15) is 13.3 Å². The molecule has 0 heterocycles. The third-order valence-electron chi connectivity index (χ3n) is 2.91. The molecule has 1 rings (SSSR count). The predicted octanol–water partition coefficient (Wildman–Crippen LogP) is 1.32. The number of aliphatic hydroxyl groups excluding tert-OH is 1. The van der Waals surface area contributed by atoms with E-state index in [0.717, 1.165) is 24.5 Å². The molecule has 8 nitrogen and oxygen atoms in total. The zero-order chi connectivity index (χ0) is 19.8. The summed E-state index contributed by atoms with van der Waals surface area (Å²) in [5.74, 6) is 0.221. The standard InChI is InChI=1S/C15H25NO3S.C2H2O4/c1-3-20-10-4-9-16-11-13(17)12-19-15-7-5-14(18-2)6-8-15;3-1(4)2(5)6/h5-8,13,16-17H,3-4,9-12H2,1-2H3;(H,3,4)(H,5,6). The largest absolute Gasteiger partial charge is 0.497 e. The monoisotopic (exact) mass is 389 g/mol. The lowest BCUT2D eigenvalue weighted by atomic mass is 10.3. The first-order valence-electron chi connectivity index (χ1n) is 8.10. The number of carboxylic acids is 2. The van der Waals surface area contributed by atoms with E-state index in [1.807, 2.05) is 36.0 Å². The predicted molar refractivity (Wildman–Crippen MR) is 100 cm³/mol. The molecule has 0 aliphatic heterocycles. The summed E-state index contributed by atoms with van der Waals surface area (Å²) in [5, 5.41) is 27.8. The van der Waals surface area contributed by atoms with E-state index in [2.05, 4.69) is 12.2 Å². The van der Waals surface area contributed by atoms with Crippen LogP contribution in [0, 0.1) is 0 Å². The fourth-order valence-corrected chi connectivity index (χ4v) is 2.27. The molecule has 0 saturated carbocycles. The Kier molecular flexibility index (Phi) is 14.1. The summed E-state index contributed by atoms with van der Waals surface area (Å²) in [6, 6.07) is 7.35. The third-order valence-corrected chi connectivity index (χ3v) is 3.90. The highest BCUT2D eigenvalue weighted by molar-refractivity contribution is 7.99. The van der Waals surface area contributed by atoms with Gasteiger partial charge in [-0.25, -0.2) is 9.59 Å². The molecule has 0 aliphatic rings. The number of aliphatic carboxylic acids is 2. The second-order valence-corrected chi connectivity index (χ2v) is 6.40. The molecule has 9 heteroatoms. The van der Waals surface area contributed by atoms with Crippen LogP contribution in [0.25, 0.3) is 0 Å². The number of hydrogen-bond donors (Lipinski definition) is 4. The van der Waals surface area contributed by atoms with Gasteiger partial charge in [-0.15, -0.1) is 0 Å². The van der Waals surface area contributed by atoms with E-state index in [1.54, 1.807) is 7.11 Å². The van der Waals surface area contributed by atoms with Crippen LogP contribution in [0.15, 0.2) is 24.3 Å². The van der Waals surface area contributed by atoms with Crippen LogP contribution in [0.2, 0.25) is 0 Å². The summed E-state index contributed by atoms with van der Waals surface area (Å²) in [7, 11) is 1.63. The Morgan fingerprint density at radius 3 is 2.23 bits per heavy atom. The lowest BCUT2D eigenvalue weighted by Gasteiger charge is -2.13. The van der Waals surface area contributed by atoms with Gasteiger partial charge in [-0.05, 0) is 48.7 Å². The second kappa shape index (κ2) is 15.3. The van der Waals surface area contributed by atoms with Crippen molar-refractivity contribution in [1.82, 2.24) is 5.32 Å². The molecule has 1 aromatic rings. The van der Waals surface area contributed by atoms with Crippen molar-refractivity contribution in [2.75, 3.05) is 38.3 Å². The minimum atomic E-state index is -1.82. The summed E-state index contributed by atoms with van der Waals surface area (Å²) in [5.41, 5.74) is 0. The van der Waals surface area contributed by atoms with Crippen molar-refractivity contribution in [3.05, 3.63) is 24.3 Å². The van der Waals surface area contributed by atoms with Gasteiger partial charge in [0.2, 0.25) is 0 Å². The summed E-state index contributed by atoms with van der Waals surface area (Å²) in [6.07, 6.45) is 0.640. The molecular weight excluding hydrogens is 362 g/mol. The van der Waals surface area contributed by atoms with Crippen molar-refractivity contribution in [2.24, 2.45) is 0 Å². The van der Waals surface area contributed by atoms with Crippen molar-refractivity contribution in [1.29, 1.82) is 0 Å². The van der Waals surface area contributed by atoms with Crippen LogP contribution in [0.5, 0.6) is 11.5 Å². The highest BCUT2D eigenvalue weighted by Gasteiger charge is 2.05. The molecule has 0 amide bonds. The molecule has 4 N–H and O–H groups in total. The van der Waals surface area contributed by atoms with Crippen molar-refractivity contribution in [2.45, 2.75) is 19.4 Å². The maximum Gasteiger partial charge on any atom is 0.414 e. The van der Waals surface area contributed by atoms with Crippen LogP contribution < -0.4 is 14.8 Å². The maximum absolute atomic E-state index is 9.80.